The van der Waals surface area contributed by atoms with Gasteiger partial charge in [0, 0.05) is 0 Å². The summed E-state index contributed by atoms with van der Waals surface area (Å²) in [7, 11) is -0.192. The third kappa shape index (κ3) is 2.40. The Balaban J connectivity index is 2.64. The Morgan fingerprint density at radius 3 is 1.79 bits per heavy atom. The molecule has 0 N–H and O–H groups in total. The topological polar surface area (TPSA) is 18.5 Å². The molecule has 0 aromatic carbocycles. The van der Waals surface area contributed by atoms with E-state index < -0.39 is 0 Å². The van der Waals surface area contributed by atoms with Crippen LogP contribution in [0.2, 0.25) is 0 Å². The van der Waals surface area contributed by atoms with Crippen LogP contribution in [0.4, 0.5) is 0 Å². The van der Waals surface area contributed by atoms with Gasteiger partial charge >= 0.3 is 7.12 Å². The zero-order valence-corrected chi connectivity index (χ0v) is 10.1. The smallest absolute Gasteiger partial charge is 0.400 e. The molecule has 0 aromatic rings. The molecule has 2 nitrogen and oxygen atoms in total. The Bertz CT molecular complexity index is 215. The maximum Gasteiger partial charge on any atom is 0.486 e. The second kappa shape index (κ2) is 3.71. The van der Waals surface area contributed by atoms with Crippen molar-refractivity contribution in [3.8, 4) is 0 Å². The fraction of sp³-hybridized carbons (Fsp3) is 0.818. The normalized spacial score (nSPS) is 25.2. The third-order valence-electron chi connectivity index (χ3n) is 2.92. The van der Waals surface area contributed by atoms with E-state index in [1.807, 2.05) is 5.98 Å². The van der Waals surface area contributed by atoms with Crippen LogP contribution in [0.5, 0.6) is 0 Å². The van der Waals surface area contributed by atoms with Crippen molar-refractivity contribution >= 4 is 7.12 Å². The minimum atomic E-state index is -0.223. The quantitative estimate of drug-likeness (QED) is 0.632. The van der Waals surface area contributed by atoms with Crippen LogP contribution in [0.25, 0.3) is 0 Å². The summed E-state index contributed by atoms with van der Waals surface area (Å²) < 4.78 is 11.6. The molecule has 0 unspecified atom stereocenters. The van der Waals surface area contributed by atoms with Crippen LogP contribution in [0, 0.1) is 5.92 Å². The number of rotatable bonds is 2. The number of allylic oxidation sites excluding steroid dienone is 1. The van der Waals surface area contributed by atoms with Gasteiger partial charge < -0.3 is 9.31 Å². The summed E-state index contributed by atoms with van der Waals surface area (Å²) in [5.74, 6) is 2.54. The van der Waals surface area contributed by atoms with Crippen LogP contribution >= 0.6 is 0 Å². The minimum absolute atomic E-state index is 0.192. The molecule has 0 amide bonds. The summed E-state index contributed by atoms with van der Waals surface area (Å²) in [6.45, 7) is 12.5. The molecule has 0 saturated carbocycles. The molecule has 1 aliphatic heterocycles. The van der Waals surface area contributed by atoms with Gasteiger partial charge in [-0.15, -0.1) is 0 Å². The Morgan fingerprint density at radius 1 is 1.00 bits per heavy atom. The van der Waals surface area contributed by atoms with Crippen molar-refractivity contribution in [2.45, 2.75) is 52.7 Å². The first-order chi connectivity index (χ1) is 6.24. The zero-order valence-electron chi connectivity index (χ0n) is 10.1. The van der Waals surface area contributed by atoms with Crippen LogP contribution < -0.4 is 0 Å². The van der Waals surface area contributed by atoms with E-state index in [4.69, 9.17) is 9.31 Å². The molecular weight excluding hydrogens is 175 g/mol. The highest BCUT2D eigenvalue weighted by molar-refractivity contribution is 6.51. The van der Waals surface area contributed by atoms with Gasteiger partial charge in [-0.2, -0.15) is 0 Å². The maximum atomic E-state index is 5.81. The second-order valence-electron chi connectivity index (χ2n) is 5.25. The van der Waals surface area contributed by atoms with Crippen LogP contribution in [-0.4, -0.2) is 18.3 Å². The average molecular weight is 196 g/mol. The zero-order chi connectivity index (χ0) is 11.0. The highest BCUT2D eigenvalue weighted by atomic mass is 16.7. The van der Waals surface area contributed by atoms with Crippen molar-refractivity contribution in [2.75, 3.05) is 0 Å². The molecule has 0 bridgehead atoms. The lowest BCUT2D eigenvalue weighted by molar-refractivity contribution is 0.00578. The summed E-state index contributed by atoms with van der Waals surface area (Å²) in [5.41, 5.74) is -0.446. The maximum absolute atomic E-state index is 5.81. The molecule has 3 heteroatoms. The van der Waals surface area contributed by atoms with E-state index in [-0.39, 0.29) is 18.3 Å². The van der Waals surface area contributed by atoms with Gasteiger partial charge in [0.15, 0.2) is 0 Å². The minimum Gasteiger partial charge on any atom is -0.400 e. The fourth-order valence-corrected chi connectivity index (χ4v) is 1.28. The molecule has 1 rings (SSSR count). The van der Waals surface area contributed by atoms with E-state index in [2.05, 4.69) is 47.6 Å². The van der Waals surface area contributed by atoms with Crippen LogP contribution in [0.1, 0.15) is 41.5 Å². The van der Waals surface area contributed by atoms with Crippen molar-refractivity contribution in [2.24, 2.45) is 5.92 Å². The SMILES string of the molecule is CC(C)/C=C/B1OC(C)(C)C(C)(C)O1. The van der Waals surface area contributed by atoms with E-state index in [1.165, 1.54) is 0 Å². The number of hydrogen-bond donors (Lipinski definition) is 0. The van der Waals surface area contributed by atoms with Crippen molar-refractivity contribution in [1.82, 2.24) is 0 Å². The largest absolute Gasteiger partial charge is 0.486 e. The van der Waals surface area contributed by atoms with E-state index >= 15 is 0 Å². The predicted octanol–water partition coefficient (Wildman–Crippen LogP) is 2.83. The van der Waals surface area contributed by atoms with Crippen LogP contribution in [0.15, 0.2) is 12.1 Å². The summed E-state index contributed by atoms with van der Waals surface area (Å²) >= 11 is 0. The lowest BCUT2D eigenvalue weighted by atomic mass is 9.88. The standard InChI is InChI=1S/C11H21BO2/c1-9(2)7-8-12-13-10(3,4)11(5,6)14-12/h7-9H,1-6H3/b8-7+. The van der Waals surface area contributed by atoms with Gasteiger partial charge in [-0.05, 0) is 33.6 Å². The Kier molecular flexibility index (Phi) is 3.12. The molecule has 0 atom stereocenters. The van der Waals surface area contributed by atoms with Crippen molar-refractivity contribution in [1.29, 1.82) is 0 Å². The van der Waals surface area contributed by atoms with Gasteiger partial charge in [-0.1, -0.05) is 25.9 Å². The fourth-order valence-electron chi connectivity index (χ4n) is 1.28. The number of hydrogen-bond acceptors (Lipinski definition) is 2. The van der Waals surface area contributed by atoms with Gasteiger partial charge in [-0.3, -0.25) is 0 Å². The van der Waals surface area contributed by atoms with E-state index in [9.17, 15) is 0 Å². The second-order valence-corrected chi connectivity index (χ2v) is 5.25. The van der Waals surface area contributed by atoms with Crippen LogP contribution in [-0.2, 0) is 9.31 Å². The Hall–Kier alpha value is -0.275. The predicted molar refractivity (Wildman–Crippen MR) is 60.1 cm³/mol. The highest BCUT2D eigenvalue weighted by Crippen LogP contribution is 2.36. The van der Waals surface area contributed by atoms with E-state index in [1.54, 1.807) is 0 Å². The first-order valence-corrected chi connectivity index (χ1v) is 5.28. The first-order valence-electron chi connectivity index (χ1n) is 5.28. The molecule has 1 saturated heterocycles. The van der Waals surface area contributed by atoms with Gasteiger partial charge in [0.05, 0.1) is 11.2 Å². The molecule has 1 fully saturated rings. The lowest BCUT2D eigenvalue weighted by Gasteiger charge is -2.32. The van der Waals surface area contributed by atoms with Gasteiger partial charge in [-0.25, -0.2) is 0 Å². The monoisotopic (exact) mass is 196 g/mol. The lowest BCUT2D eigenvalue weighted by Crippen LogP contribution is -2.41. The van der Waals surface area contributed by atoms with Gasteiger partial charge in [0.1, 0.15) is 0 Å². The van der Waals surface area contributed by atoms with Gasteiger partial charge in [0.2, 0.25) is 0 Å². The molecule has 14 heavy (non-hydrogen) atoms. The Labute approximate surface area is 87.8 Å². The first kappa shape index (κ1) is 11.8. The molecular formula is C11H21BO2. The van der Waals surface area contributed by atoms with E-state index in [0.29, 0.717) is 5.92 Å². The molecule has 1 aliphatic rings. The van der Waals surface area contributed by atoms with Gasteiger partial charge in [0.25, 0.3) is 0 Å². The molecule has 80 valence electrons. The highest BCUT2D eigenvalue weighted by Gasteiger charge is 2.49. The summed E-state index contributed by atoms with van der Waals surface area (Å²) in [6.07, 6.45) is 2.11. The van der Waals surface area contributed by atoms with Crippen molar-refractivity contribution in [3.63, 3.8) is 0 Å². The molecule has 0 aromatic heterocycles. The molecule has 0 spiro atoms. The average Bonchev–Trinajstić information content (AvgIpc) is 2.17. The Morgan fingerprint density at radius 2 is 1.43 bits per heavy atom. The molecule has 0 aliphatic carbocycles. The van der Waals surface area contributed by atoms with Crippen molar-refractivity contribution < 1.29 is 9.31 Å². The summed E-state index contributed by atoms with van der Waals surface area (Å²) in [5, 5.41) is 0. The third-order valence-corrected chi connectivity index (χ3v) is 2.92. The van der Waals surface area contributed by atoms with Crippen LogP contribution in [0.3, 0.4) is 0 Å². The summed E-state index contributed by atoms with van der Waals surface area (Å²) in [6, 6.07) is 0. The van der Waals surface area contributed by atoms with Crippen molar-refractivity contribution in [3.05, 3.63) is 12.1 Å². The molecule has 0 radical (unpaired) electrons. The summed E-state index contributed by atoms with van der Waals surface area (Å²) in [4.78, 5) is 0. The molecule has 1 heterocycles. The van der Waals surface area contributed by atoms with E-state index in [0.717, 1.165) is 0 Å².